The first-order valence-electron chi connectivity index (χ1n) is 10.9. The number of aliphatic imine (C=N–C) groups is 1. The number of methoxy groups -OCH3 is 2. The predicted molar refractivity (Wildman–Crippen MR) is 124 cm³/mol. The smallest absolute Gasteiger partial charge is 0.200 e. The second-order valence-electron chi connectivity index (χ2n) is 7.70. The number of guanidine groups is 1. The van der Waals surface area contributed by atoms with E-state index in [1.807, 2.05) is 6.92 Å². The number of rotatable bonds is 9. The van der Waals surface area contributed by atoms with Crippen LogP contribution in [0.3, 0.4) is 0 Å². The van der Waals surface area contributed by atoms with Gasteiger partial charge in [0, 0.05) is 19.6 Å². The molecule has 3 N–H and O–H groups in total. The lowest BCUT2D eigenvalue weighted by atomic mass is 10.1. The van der Waals surface area contributed by atoms with Crippen molar-refractivity contribution in [3.05, 3.63) is 53.1 Å². The second kappa shape index (κ2) is 11.5. The minimum atomic E-state index is -0.00376. The Morgan fingerprint density at radius 1 is 0.968 bits per heavy atom. The number of ether oxygens (including phenoxy) is 2. The molecule has 0 saturated carbocycles. The zero-order valence-corrected chi connectivity index (χ0v) is 18.8. The molecular formula is C24H34N4O3. The average molecular weight is 427 g/mol. The SMILES string of the molecule is CCNC(=NCc1cc(OC)c(O)c(OC)c1)NCc1ccc(CN2CCCC2)cc1. The maximum Gasteiger partial charge on any atom is 0.200 e. The first-order chi connectivity index (χ1) is 15.1. The molecule has 0 radical (unpaired) electrons. The molecular weight excluding hydrogens is 392 g/mol. The van der Waals surface area contributed by atoms with Crippen LogP contribution in [-0.2, 0) is 19.6 Å². The van der Waals surface area contributed by atoms with Crippen LogP contribution in [0.15, 0.2) is 41.4 Å². The van der Waals surface area contributed by atoms with Gasteiger partial charge >= 0.3 is 0 Å². The van der Waals surface area contributed by atoms with Crippen LogP contribution in [0.4, 0.5) is 0 Å². The Hall–Kier alpha value is -2.93. The van der Waals surface area contributed by atoms with Crippen molar-refractivity contribution in [1.29, 1.82) is 0 Å². The first-order valence-corrected chi connectivity index (χ1v) is 10.9. The van der Waals surface area contributed by atoms with Crippen LogP contribution in [0.25, 0.3) is 0 Å². The Morgan fingerprint density at radius 3 is 2.16 bits per heavy atom. The highest BCUT2D eigenvalue weighted by atomic mass is 16.5. The fraction of sp³-hybridized carbons (Fsp3) is 0.458. The maximum absolute atomic E-state index is 10.1. The molecule has 2 aromatic rings. The second-order valence-corrected chi connectivity index (χ2v) is 7.70. The molecule has 0 spiro atoms. The van der Waals surface area contributed by atoms with Gasteiger partial charge in [0.05, 0.1) is 20.8 Å². The third-order valence-corrected chi connectivity index (χ3v) is 5.39. The lowest BCUT2D eigenvalue weighted by molar-refractivity contribution is 0.331. The quantitative estimate of drug-likeness (QED) is 0.422. The molecule has 7 heteroatoms. The summed E-state index contributed by atoms with van der Waals surface area (Å²) >= 11 is 0. The van der Waals surface area contributed by atoms with E-state index in [9.17, 15) is 5.11 Å². The van der Waals surface area contributed by atoms with Crippen molar-refractivity contribution in [2.75, 3.05) is 33.9 Å². The van der Waals surface area contributed by atoms with E-state index in [0.29, 0.717) is 24.6 Å². The third-order valence-electron chi connectivity index (χ3n) is 5.39. The van der Waals surface area contributed by atoms with Crippen LogP contribution < -0.4 is 20.1 Å². The van der Waals surface area contributed by atoms with E-state index in [1.165, 1.54) is 51.3 Å². The summed E-state index contributed by atoms with van der Waals surface area (Å²) in [5.74, 6) is 1.47. The number of phenolic OH excluding ortho intramolecular Hbond substituents is 1. The summed E-state index contributed by atoms with van der Waals surface area (Å²) in [6.07, 6.45) is 2.64. The van der Waals surface area contributed by atoms with E-state index in [0.717, 1.165) is 24.6 Å². The number of hydrogen-bond acceptors (Lipinski definition) is 5. The molecule has 1 fully saturated rings. The Balaban J connectivity index is 1.59. The van der Waals surface area contributed by atoms with E-state index in [1.54, 1.807) is 12.1 Å². The lowest BCUT2D eigenvalue weighted by Crippen LogP contribution is -2.36. The number of hydrogen-bond donors (Lipinski definition) is 3. The van der Waals surface area contributed by atoms with E-state index < -0.39 is 0 Å². The van der Waals surface area contributed by atoms with Crippen LogP contribution >= 0.6 is 0 Å². The Labute approximate surface area is 185 Å². The molecule has 7 nitrogen and oxygen atoms in total. The molecule has 0 bridgehead atoms. The van der Waals surface area contributed by atoms with Crippen LogP contribution in [0, 0.1) is 0 Å². The molecule has 1 aliphatic heterocycles. The summed E-state index contributed by atoms with van der Waals surface area (Å²) in [6.45, 7) is 7.39. The zero-order valence-electron chi connectivity index (χ0n) is 18.8. The zero-order chi connectivity index (χ0) is 22.1. The summed E-state index contributed by atoms with van der Waals surface area (Å²) < 4.78 is 10.5. The molecule has 0 aliphatic carbocycles. The molecule has 0 amide bonds. The Morgan fingerprint density at radius 2 is 1.58 bits per heavy atom. The van der Waals surface area contributed by atoms with Crippen LogP contribution in [-0.4, -0.2) is 49.8 Å². The van der Waals surface area contributed by atoms with Gasteiger partial charge in [-0.05, 0) is 61.7 Å². The summed E-state index contributed by atoms with van der Waals surface area (Å²) in [4.78, 5) is 7.17. The molecule has 3 rings (SSSR count). The minimum Gasteiger partial charge on any atom is -0.502 e. The molecule has 1 saturated heterocycles. The fourth-order valence-electron chi connectivity index (χ4n) is 3.70. The van der Waals surface area contributed by atoms with Crippen molar-refractivity contribution < 1.29 is 14.6 Å². The highest BCUT2D eigenvalue weighted by molar-refractivity contribution is 5.79. The fourth-order valence-corrected chi connectivity index (χ4v) is 3.70. The van der Waals surface area contributed by atoms with E-state index >= 15 is 0 Å². The number of nitrogens with zero attached hydrogens (tertiary/aromatic N) is 2. The number of aromatic hydroxyl groups is 1. The van der Waals surface area contributed by atoms with Crippen molar-refractivity contribution in [2.24, 2.45) is 4.99 Å². The Kier molecular flexibility index (Phi) is 8.41. The monoisotopic (exact) mass is 426 g/mol. The van der Waals surface area contributed by atoms with E-state index in [2.05, 4.69) is 44.8 Å². The van der Waals surface area contributed by atoms with Gasteiger partial charge in [-0.1, -0.05) is 24.3 Å². The summed E-state index contributed by atoms with van der Waals surface area (Å²) in [7, 11) is 3.03. The van der Waals surface area contributed by atoms with Crippen molar-refractivity contribution >= 4 is 5.96 Å². The largest absolute Gasteiger partial charge is 0.502 e. The van der Waals surface area contributed by atoms with Crippen molar-refractivity contribution in [1.82, 2.24) is 15.5 Å². The van der Waals surface area contributed by atoms with E-state index in [4.69, 9.17) is 9.47 Å². The predicted octanol–water partition coefficient (Wildman–Crippen LogP) is 3.26. The minimum absolute atomic E-state index is 0.00376. The average Bonchev–Trinajstić information content (AvgIpc) is 3.30. The number of likely N-dealkylation sites (tertiary alicyclic amines) is 1. The van der Waals surface area contributed by atoms with Gasteiger partial charge in [0.2, 0.25) is 5.75 Å². The van der Waals surface area contributed by atoms with Gasteiger partial charge in [-0.15, -0.1) is 0 Å². The molecule has 31 heavy (non-hydrogen) atoms. The van der Waals surface area contributed by atoms with Gasteiger partial charge in [0.1, 0.15) is 0 Å². The maximum atomic E-state index is 10.1. The highest BCUT2D eigenvalue weighted by Gasteiger charge is 2.12. The molecule has 1 heterocycles. The lowest BCUT2D eigenvalue weighted by Gasteiger charge is -2.15. The molecule has 0 aromatic heterocycles. The standard InChI is InChI=1S/C24H34N4O3/c1-4-25-24(27-16-20-13-21(30-2)23(29)22(14-20)31-3)26-15-18-7-9-19(10-8-18)17-28-11-5-6-12-28/h7-10,13-14,29H,4-6,11-12,15-17H2,1-3H3,(H2,25,26,27). The van der Waals surface area contributed by atoms with Gasteiger partial charge in [0.25, 0.3) is 0 Å². The van der Waals surface area contributed by atoms with Crippen molar-refractivity contribution in [3.8, 4) is 17.2 Å². The first kappa shape index (κ1) is 22.7. The van der Waals surface area contributed by atoms with Gasteiger partial charge in [-0.3, -0.25) is 4.90 Å². The van der Waals surface area contributed by atoms with E-state index in [-0.39, 0.29) is 5.75 Å². The summed E-state index contributed by atoms with van der Waals surface area (Å²) in [5, 5.41) is 16.7. The van der Waals surface area contributed by atoms with Gasteiger partial charge < -0.3 is 25.2 Å². The molecule has 168 valence electrons. The van der Waals surface area contributed by atoms with Crippen LogP contribution in [0.5, 0.6) is 17.2 Å². The van der Waals surface area contributed by atoms with Gasteiger partial charge in [-0.25, -0.2) is 4.99 Å². The summed E-state index contributed by atoms with van der Waals surface area (Å²) in [6, 6.07) is 12.3. The van der Waals surface area contributed by atoms with Crippen molar-refractivity contribution in [3.63, 3.8) is 0 Å². The number of nitrogens with one attached hydrogen (secondary N) is 2. The number of benzene rings is 2. The van der Waals surface area contributed by atoms with Crippen LogP contribution in [0.2, 0.25) is 0 Å². The molecule has 1 aliphatic rings. The summed E-state index contributed by atoms with van der Waals surface area (Å²) in [5.41, 5.74) is 3.46. The topological polar surface area (TPSA) is 78.4 Å². The Bertz CT molecular complexity index is 837. The molecule has 2 aromatic carbocycles. The normalized spacial score (nSPS) is 14.5. The van der Waals surface area contributed by atoms with Crippen molar-refractivity contribution in [2.45, 2.75) is 39.4 Å². The van der Waals surface area contributed by atoms with Gasteiger partial charge in [0.15, 0.2) is 17.5 Å². The molecule has 0 atom stereocenters. The van der Waals surface area contributed by atoms with Crippen LogP contribution in [0.1, 0.15) is 36.5 Å². The highest BCUT2D eigenvalue weighted by Crippen LogP contribution is 2.37. The molecule has 0 unspecified atom stereocenters. The van der Waals surface area contributed by atoms with Gasteiger partial charge in [-0.2, -0.15) is 0 Å². The number of phenols is 1. The third kappa shape index (κ3) is 6.52.